The van der Waals surface area contributed by atoms with Gasteiger partial charge in [0.15, 0.2) is 5.82 Å². The first-order valence-electron chi connectivity index (χ1n) is 8.27. The van der Waals surface area contributed by atoms with Gasteiger partial charge in [-0.2, -0.15) is 0 Å². The van der Waals surface area contributed by atoms with Crippen molar-refractivity contribution >= 4 is 34.0 Å². The van der Waals surface area contributed by atoms with Crippen molar-refractivity contribution in [3.05, 3.63) is 71.5 Å². The Balaban J connectivity index is 1.60. The fourth-order valence-electron chi connectivity index (χ4n) is 2.95. The molecule has 2 aromatic heterocycles. The highest BCUT2D eigenvalue weighted by Crippen LogP contribution is 2.29. The van der Waals surface area contributed by atoms with Crippen LogP contribution >= 0.6 is 11.6 Å². The van der Waals surface area contributed by atoms with Crippen molar-refractivity contribution in [1.29, 1.82) is 0 Å². The van der Waals surface area contributed by atoms with Gasteiger partial charge in [0.25, 0.3) is 0 Å². The van der Waals surface area contributed by atoms with Crippen molar-refractivity contribution in [3.8, 4) is 11.3 Å². The van der Waals surface area contributed by atoms with Crippen LogP contribution in [0.2, 0.25) is 5.02 Å². The lowest BCUT2D eigenvalue weighted by Crippen LogP contribution is -2.17. The van der Waals surface area contributed by atoms with Gasteiger partial charge in [0.05, 0.1) is 22.8 Å². The molecule has 0 atom stereocenters. The predicted molar refractivity (Wildman–Crippen MR) is 105 cm³/mol. The molecule has 0 spiro atoms. The highest BCUT2D eigenvalue weighted by Gasteiger charge is 2.13. The minimum absolute atomic E-state index is 0.0930. The summed E-state index contributed by atoms with van der Waals surface area (Å²) in [6.07, 6.45) is 1.44. The summed E-state index contributed by atoms with van der Waals surface area (Å²) in [6, 6.07) is 14.3. The van der Waals surface area contributed by atoms with Crippen LogP contribution in [0.4, 0.5) is 15.9 Å². The molecule has 0 aliphatic carbocycles. The molecule has 0 aliphatic heterocycles. The van der Waals surface area contributed by atoms with Crippen LogP contribution in [0, 0.1) is 5.82 Å². The number of rotatable bonds is 4. The third-order valence-corrected chi connectivity index (χ3v) is 4.64. The second-order valence-corrected chi connectivity index (χ2v) is 6.59. The topological polar surface area (TPSA) is 68.2 Å². The van der Waals surface area contributed by atoms with Crippen molar-refractivity contribution in [2.24, 2.45) is 0 Å². The summed E-state index contributed by atoms with van der Waals surface area (Å²) < 4.78 is 20.1. The summed E-state index contributed by atoms with van der Waals surface area (Å²) in [5.74, 6) is 1.36. The van der Waals surface area contributed by atoms with Crippen LogP contribution in [0.5, 0.6) is 0 Å². The Bertz CT molecular complexity index is 1130. The van der Waals surface area contributed by atoms with Crippen LogP contribution in [0.15, 0.2) is 59.3 Å². The molecule has 0 bridgehead atoms. The third-order valence-electron chi connectivity index (χ3n) is 4.35. The molecule has 5 nitrogen and oxygen atoms in total. The number of furan rings is 1. The molecule has 0 saturated carbocycles. The van der Waals surface area contributed by atoms with E-state index in [2.05, 4.69) is 9.97 Å². The zero-order valence-electron chi connectivity index (χ0n) is 14.5. The van der Waals surface area contributed by atoms with Gasteiger partial charge in [-0.25, -0.2) is 14.4 Å². The van der Waals surface area contributed by atoms with Crippen molar-refractivity contribution in [2.45, 2.75) is 6.54 Å². The number of hydrogen-bond acceptors (Lipinski definition) is 5. The molecule has 2 N–H and O–H groups in total. The number of nitrogens with zero attached hydrogens (tertiary/aromatic N) is 3. The van der Waals surface area contributed by atoms with E-state index < -0.39 is 5.82 Å². The molecule has 136 valence electrons. The summed E-state index contributed by atoms with van der Waals surface area (Å²) in [5.41, 5.74) is 7.98. The van der Waals surface area contributed by atoms with E-state index in [0.29, 0.717) is 29.6 Å². The number of nitrogen functional groups attached to an aromatic ring is 1. The lowest BCUT2D eigenvalue weighted by molar-refractivity contribution is 0.518. The van der Waals surface area contributed by atoms with Crippen molar-refractivity contribution < 1.29 is 8.81 Å². The van der Waals surface area contributed by atoms with E-state index in [1.807, 2.05) is 30.3 Å². The Morgan fingerprint density at radius 3 is 2.85 bits per heavy atom. The predicted octanol–water partition coefficient (Wildman–Crippen LogP) is 4.90. The van der Waals surface area contributed by atoms with E-state index in [1.54, 1.807) is 24.1 Å². The molecule has 7 heteroatoms. The minimum Gasteiger partial charge on any atom is -0.459 e. The molecular formula is C20H16ClFN4O. The van der Waals surface area contributed by atoms with Gasteiger partial charge >= 0.3 is 0 Å². The zero-order chi connectivity index (χ0) is 19.0. The molecule has 0 amide bonds. The zero-order valence-corrected chi connectivity index (χ0v) is 15.2. The molecule has 0 aliphatic rings. The van der Waals surface area contributed by atoms with Gasteiger partial charge in [0.1, 0.15) is 23.7 Å². The van der Waals surface area contributed by atoms with Crippen LogP contribution < -0.4 is 10.6 Å². The Labute approximate surface area is 160 Å². The Hall–Kier alpha value is -3.12. The van der Waals surface area contributed by atoms with Crippen LogP contribution in [0.25, 0.3) is 22.2 Å². The normalized spacial score (nSPS) is 11.1. The second kappa shape index (κ2) is 6.89. The first kappa shape index (κ1) is 17.3. The van der Waals surface area contributed by atoms with Gasteiger partial charge in [-0.15, -0.1) is 0 Å². The average molecular weight is 383 g/mol. The fourth-order valence-corrected chi connectivity index (χ4v) is 3.12. The molecular weight excluding hydrogens is 367 g/mol. The Morgan fingerprint density at radius 2 is 2.00 bits per heavy atom. The van der Waals surface area contributed by atoms with Crippen molar-refractivity contribution in [2.75, 3.05) is 17.7 Å². The number of hydrogen-bond donors (Lipinski definition) is 1. The largest absolute Gasteiger partial charge is 0.459 e. The molecule has 4 rings (SSSR count). The molecule has 4 aromatic rings. The first-order chi connectivity index (χ1) is 13.0. The lowest BCUT2D eigenvalue weighted by Gasteiger charge is -2.19. The van der Waals surface area contributed by atoms with Gasteiger partial charge in [-0.1, -0.05) is 17.7 Å². The van der Waals surface area contributed by atoms with E-state index in [0.717, 1.165) is 16.5 Å². The molecule has 0 radical (unpaired) electrons. The lowest BCUT2D eigenvalue weighted by atomic mass is 10.1. The maximum absolute atomic E-state index is 14.2. The second-order valence-electron chi connectivity index (χ2n) is 6.19. The van der Waals surface area contributed by atoms with Crippen LogP contribution in [0.1, 0.15) is 5.76 Å². The highest BCUT2D eigenvalue weighted by atomic mass is 35.5. The number of anilines is 2. The van der Waals surface area contributed by atoms with E-state index in [4.69, 9.17) is 21.8 Å². The summed E-state index contributed by atoms with van der Waals surface area (Å²) in [4.78, 5) is 9.96. The van der Waals surface area contributed by atoms with Crippen LogP contribution in [-0.2, 0) is 6.54 Å². The smallest absolute Gasteiger partial charge is 0.165 e. The maximum atomic E-state index is 14.2. The SMILES string of the molecule is CN(Cc1ccc(-c2ccc3ncnc(N)c3c2)o1)c1cccc(Cl)c1F. The number of nitrogens with two attached hydrogens (primary N) is 1. The minimum atomic E-state index is -0.446. The standard InChI is InChI=1S/C20H16ClFN4O/c1-26(17-4-2-3-15(21)19(17)22)10-13-6-8-18(27-13)12-5-7-16-14(9-12)20(23)25-11-24-16/h2-9,11H,10H2,1H3,(H2,23,24,25). The van der Waals surface area contributed by atoms with Crippen molar-refractivity contribution in [3.63, 3.8) is 0 Å². The van der Waals surface area contributed by atoms with Crippen molar-refractivity contribution in [1.82, 2.24) is 9.97 Å². The fraction of sp³-hybridized carbons (Fsp3) is 0.100. The number of fused-ring (bicyclic) bond motifs is 1. The number of benzene rings is 2. The monoisotopic (exact) mass is 382 g/mol. The van der Waals surface area contributed by atoms with E-state index in [-0.39, 0.29) is 5.02 Å². The van der Waals surface area contributed by atoms with Gasteiger partial charge in [0.2, 0.25) is 0 Å². The van der Waals surface area contributed by atoms with E-state index >= 15 is 0 Å². The van der Waals surface area contributed by atoms with Gasteiger partial charge in [0, 0.05) is 18.0 Å². The number of halogens is 2. The van der Waals surface area contributed by atoms with E-state index in [9.17, 15) is 4.39 Å². The van der Waals surface area contributed by atoms with Gasteiger partial charge < -0.3 is 15.1 Å². The maximum Gasteiger partial charge on any atom is 0.165 e. The summed E-state index contributed by atoms with van der Waals surface area (Å²) >= 11 is 5.86. The first-order valence-corrected chi connectivity index (χ1v) is 8.65. The molecule has 2 aromatic carbocycles. The quantitative estimate of drug-likeness (QED) is 0.543. The summed E-state index contributed by atoms with van der Waals surface area (Å²) in [7, 11) is 1.78. The molecule has 2 heterocycles. The van der Waals surface area contributed by atoms with Gasteiger partial charge in [-0.05, 0) is 42.5 Å². The average Bonchev–Trinajstić information content (AvgIpc) is 3.12. The molecule has 0 saturated heterocycles. The molecule has 27 heavy (non-hydrogen) atoms. The summed E-state index contributed by atoms with van der Waals surface area (Å²) in [5, 5.41) is 0.863. The Morgan fingerprint density at radius 1 is 1.15 bits per heavy atom. The van der Waals surface area contributed by atoms with Crippen LogP contribution in [0.3, 0.4) is 0 Å². The van der Waals surface area contributed by atoms with Crippen LogP contribution in [-0.4, -0.2) is 17.0 Å². The Kier molecular flexibility index (Phi) is 4.41. The third kappa shape index (κ3) is 3.31. The highest BCUT2D eigenvalue weighted by molar-refractivity contribution is 6.31. The number of aromatic nitrogens is 2. The molecule has 0 unspecified atom stereocenters. The van der Waals surface area contributed by atoms with E-state index in [1.165, 1.54) is 12.4 Å². The summed E-state index contributed by atoms with van der Waals surface area (Å²) in [6.45, 7) is 0.399. The molecule has 0 fully saturated rings. The van der Waals surface area contributed by atoms with Gasteiger partial charge in [-0.3, -0.25) is 0 Å².